The second-order valence-electron chi connectivity index (χ2n) is 6.89. The van der Waals surface area contributed by atoms with Crippen molar-refractivity contribution in [2.45, 2.75) is 0 Å². The number of nitrogens with zero attached hydrogens (tertiary/aromatic N) is 2. The molecule has 2 aromatic heterocycles. The number of hydrogen-bond donors (Lipinski definition) is 2. The number of pyridine rings is 2. The molecule has 0 aliphatic heterocycles. The second kappa shape index (κ2) is 8.12. The van der Waals surface area contributed by atoms with Crippen LogP contribution in [0.4, 0.5) is 21.9 Å². The largest absolute Gasteiger partial charge is 0.417 e. The monoisotopic (exact) mass is 406 g/mol. The quantitative estimate of drug-likeness (QED) is 0.375. The minimum absolute atomic E-state index is 0.471. The van der Waals surface area contributed by atoms with E-state index in [0.717, 1.165) is 27.7 Å². The summed E-state index contributed by atoms with van der Waals surface area (Å²) in [4.78, 5) is 21.3. The first-order valence-electron chi connectivity index (χ1n) is 9.80. The van der Waals surface area contributed by atoms with Gasteiger partial charge in [-0.2, -0.15) is 0 Å². The topological polar surface area (TPSA) is 76.1 Å². The number of benzene rings is 3. The van der Waals surface area contributed by atoms with Gasteiger partial charge in [0.05, 0.1) is 22.4 Å². The number of ether oxygens (including phenoxy) is 1. The highest BCUT2D eigenvalue weighted by atomic mass is 16.6. The van der Waals surface area contributed by atoms with Gasteiger partial charge < -0.3 is 10.1 Å². The highest BCUT2D eigenvalue weighted by molar-refractivity contribution is 6.04. The van der Waals surface area contributed by atoms with Crippen LogP contribution in [0.1, 0.15) is 0 Å². The maximum atomic E-state index is 12.4. The minimum atomic E-state index is -0.572. The lowest BCUT2D eigenvalue weighted by molar-refractivity contribution is 0.215. The molecular weight excluding hydrogens is 388 g/mol. The molecule has 2 N–H and O–H groups in total. The average molecular weight is 406 g/mol. The lowest BCUT2D eigenvalue weighted by atomic mass is 10.1. The molecule has 0 aliphatic carbocycles. The van der Waals surface area contributed by atoms with Gasteiger partial charge in [-0.1, -0.05) is 48.5 Å². The Bertz CT molecular complexity index is 1380. The van der Waals surface area contributed by atoms with Gasteiger partial charge in [0.15, 0.2) is 0 Å². The van der Waals surface area contributed by atoms with E-state index in [1.165, 1.54) is 0 Å². The Morgan fingerprint density at radius 1 is 0.677 bits per heavy atom. The van der Waals surface area contributed by atoms with Gasteiger partial charge in [0.2, 0.25) is 0 Å². The van der Waals surface area contributed by atoms with E-state index in [2.05, 4.69) is 20.6 Å². The predicted molar refractivity (Wildman–Crippen MR) is 123 cm³/mol. The number of anilines is 3. The number of amides is 1. The van der Waals surface area contributed by atoms with Crippen molar-refractivity contribution in [3.05, 3.63) is 97.3 Å². The Morgan fingerprint density at radius 2 is 1.45 bits per heavy atom. The fraction of sp³-hybridized carbons (Fsp3) is 0. The number of para-hydroxylation sites is 3. The van der Waals surface area contributed by atoms with Crippen LogP contribution >= 0.6 is 0 Å². The SMILES string of the molecule is O=C(Nc1cccc2c(Nc3cccc4cccnc34)ccnc12)Oc1ccccc1. The third-order valence-corrected chi connectivity index (χ3v) is 4.86. The van der Waals surface area contributed by atoms with Crippen molar-refractivity contribution in [3.63, 3.8) is 0 Å². The van der Waals surface area contributed by atoms with Crippen LogP contribution in [0.2, 0.25) is 0 Å². The summed E-state index contributed by atoms with van der Waals surface area (Å²) in [6.07, 6.45) is 2.91. The van der Waals surface area contributed by atoms with Crippen LogP contribution in [0.25, 0.3) is 21.8 Å². The van der Waals surface area contributed by atoms with E-state index in [1.807, 2.05) is 66.7 Å². The number of hydrogen-bond acceptors (Lipinski definition) is 5. The average Bonchev–Trinajstić information content (AvgIpc) is 2.80. The molecule has 6 nitrogen and oxygen atoms in total. The number of nitrogens with one attached hydrogen (secondary N) is 2. The fourth-order valence-corrected chi connectivity index (χ4v) is 3.47. The molecule has 0 radical (unpaired) electrons. The second-order valence-corrected chi connectivity index (χ2v) is 6.89. The molecule has 1 amide bonds. The van der Waals surface area contributed by atoms with Gasteiger partial charge in [0.25, 0.3) is 0 Å². The molecule has 0 bridgehead atoms. The lowest BCUT2D eigenvalue weighted by Crippen LogP contribution is -2.17. The number of fused-ring (bicyclic) bond motifs is 2. The molecule has 5 aromatic rings. The van der Waals surface area contributed by atoms with Crippen molar-refractivity contribution in [3.8, 4) is 5.75 Å². The van der Waals surface area contributed by atoms with Crippen molar-refractivity contribution in [1.82, 2.24) is 9.97 Å². The third-order valence-electron chi connectivity index (χ3n) is 4.86. The summed E-state index contributed by atoms with van der Waals surface area (Å²) < 4.78 is 5.34. The van der Waals surface area contributed by atoms with Crippen molar-refractivity contribution in [2.24, 2.45) is 0 Å². The number of rotatable bonds is 4. The molecule has 0 saturated carbocycles. The zero-order valence-electron chi connectivity index (χ0n) is 16.4. The molecule has 0 spiro atoms. The molecule has 6 heteroatoms. The summed E-state index contributed by atoms with van der Waals surface area (Å²) in [5.41, 5.74) is 3.87. The van der Waals surface area contributed by atoms with E-state index in [4.69, 9.17) is 4.74 Å². The van der Waals surface area contributed by atoms with Gasteiger partial charge in [0.1, 0.15) is 5.75 Å². The maximum Gasteiger partial charge on any atom is 0.417 e. The zero-order chi connectivity index (χ0) is 21.0. The van der Waals surface area contributed by atoms with Crippen LogP contribution in [-0.2, 0) is 0 Å². The first kappa shape index (κ1) is 18.6. The molecule has 0 unspecified atom stereocenters. The van der Waals surface area contributed by atoms with Crippen LogP contribution in [0.3, 0.4) is 0 Å². The number of aromatic nitrogens is 2. The molecule has 150 valence electrons. The molecule has 0 atom stereocenters. The summed E-state index contributed by atoms with van der Waals surface area (Å²) in [6, 6.07) is 26.4. The molecule has 31 heavy (non-hydrogen) atoms. The van der Waals surface area contributed by atoms with Gasteiger partial charge in [-0.25, -0.2) is 4.79 Å². The summed E-state index contributed by atoms with van der Waals surface area (Å²) >= 11 is 0. The van der Waals surface area contributed by atoms with E-state index in [0.29, 0.717) is 17.0 Å². The first-order chi connectivity index (χ1) is 15.3. The Hall–Kier alpha value is -4.45. The summed E-state index contributed by atoms with van der Waals surface area (Å²) in [5, 5.41) is 8.18. The van der Waals surface area contributed by atoms with Crippen molar-refractivity contribution >= 4 is 45.0 Å². The number of carbonyl (C=O) groups is 1. The Balaban J connectivity index is 1.47. The molecule has 5 rings (SSSR count). The summed E-state index contributed by atoms with van der Waals surface area (Å²) in [6.45, 7) is 0. The Labute approximate surface area is 178 Å². The van der Waals surface area contributed by atoms with Gasteiger partial charge in [-0.3, -0.25) is 15.3 Å². The van der Waals surface area contributed by atoms with Crippen LogP contribution in [0.15, 0.2) is 97.3 Å². The van der Waals surface area contributed by atoms with Gasteiger partial charge in [0, 0.05) is 28.9 Å². The highest BCUT2D eigenvalue weighted by Gasteiger charge is 2.12. The molecule has 0 saturated heterocycles. The predicted octanol–water partition coefficient (Wildman–Crippen LogP) is 6.14. The normalized spacial score (nSPS) is 10.7. The van der Waals surface area contributed by atoms with Crippen molar-refractivity contribution in [2.75, 3.05) is 10.6 Å². The van der Waals surface area contributed by atoms with E-state index in [1.54, 1.807) is 30.6 Å². The fourth-order valence-electron chi connectivity index (χ4n) is 3.47. The third kappa shape index (κ3) is 3.86. The van der Waals surface area contributed by atoms with Crippen molar-refractivity contribution < 1.29 is 9.53 Å². The molecular formula is C25H18N4O2. The Morgan fingerprint density at radius 3 is 2.35 bits per heavy atom. The van der Waals surface area contributed by atoms with Crippen molar-refractivity contribution in [1.29, 1.82) is 0 Å². The molecule has 0 fully saturated rings. The van der Waals surface area contributed by atoms with Gasteiger partial charge in [-0.05, 0) is 36.4 Å². The maximum absolute atomic E-state index is 12.4. The molecule has 0 aliphatic rings. The van der Waals surface area contributed by atoms with Gasteiger partial charge >= 0.3 is 6.09 Å². The lowest BCUT2D eigenvalue weighted by Gasteiger charge is -2.13. The van der Waals surface area contributed by atoms with Crippen LogP contribution < -0.4 is 15.4 Å². The summed E-state index contributed by atoms with van der Waals surface area (Å²) in [5.74, 6) is 0.471. The van der Waals surface area contributed by atoms with Gasteiger partial charge in [-0.15, -0.1) is 0 Å². The summed E-state index contributed by atoms with van der Waals surface area (Å²) in [7, 11) is 0. The minimum Gasteiger partial charge on any atom is -0.410 e. The Kier molecular flexibility index (Phi) is 4.86. The standard InChI is InChI=1S/C25H18N4O2/c30-25(31-18-9-2-1-3-10-18)29-22-13-5-11-19-20(14-16-27-24(19)22)28-21-12-4-7-17-8-6-15-26-23(17)21/h1-16H,(H,27,28)(H,29,30). The number of carbonyl (C=O) groups excluding carboxylic acids is 1. The van der Waals surface area contributed by atoms with Crippen LogP contribution in [0.5, 0.6) is 5.75 Å². The van der Waals surface area contributed by atoms with Crippen LogP contribution in [0, 0.1) is 0 Å². The van der Waals surface area contributed by atoms with E-state index >= 15 is 0 Å². The molecule has 2 heterocycles. The van der Waals surface area contributed by atoms with E-state index < -0.39 is 6.09 Å². The smallest absolute Gasteiger partial charge is 0.410 e. The highest BCUT2D eigenvalue weighted by Crippen LogP contribution is 2.31. The van der Waals surface area contributed by atoms with E-state index in [-0.39, 0.29) is 0 Å². The zero-order valence-corrected chi connectivity index (χ0v) is 16.4. The molecule has 3 aromatic carbocycles. The first-order valence-corrected chi connectivity index (χ1v) is 9.80. The van der Waals surface area contributed by atoms with Crippen LogP contribution in [-0.4, -0.2) is 16.1 Å². The van der Waals surface area contributed by atoms with E-state index in [9.17, 15) is 4.79 Å².